The lowest BCUT2D eigenvalue weighted by Gasteiger charge is -2.26. The van der Waals surface area contributed by atoms with E-state index in [-0.39, 0.29) is 0 Å². The molecule has 1 heterocycles. The van der Waals surface area contributed by atoms with Crippen molar-refractivity contribution in [3.63, 3.8) is 0 Å². The minimum Gasteiger partial charge on any atom is -0.456 e. The minimum atomic E-state index is 0.916. The van der Waals surface area contributed by atoms with Gasteiger partial charge >= 0.3 is 0 Å². The molecule has 0 N–H and O–H groups in total. The molecular formula is C55H39NO. The van der Waals surface area contributed by atoms with E-state index in [1.54, 1.807) is 0 Å². The van der Waals surface area contributed by atoms with E-state index in [9.17, 15) is 0 Å². The van der Waals surface area contributed by atoms with Crippen molar-refractivity contribution in [2.45, 2.75) is 6.92 Å². The summed E-state index contributed by atoms with van der Waals surface area (Å²) in [5.41, 5.74) is 16.0. The van der Waals surface area contributed by atoms with Gasteiger partial charge in [-0.2, -0.15) is 0 Å². The Balaban J connectivity index is 0.995. The molecule has 0 spiro atoms. The molecule has 0 aliphatic rings. The fourth-order valence-corrected chi connectivity index (χ4v) is 8.10. The number of para-hydroxylation sites is 1. The topological polar surface area (TPSA) is 16.4 Å². The van der Waals surface area contributed by atoms with Gasteiger partial charge in [-0.25, -0.2) is 0 Å². The van der Waals surface area contributed by atoms with Crippen LogP contribution in [-0.2, 0) is 0 Å². The second-order valence-electron chi connectivity index (χ2n) is 14.6. The lowest BCUT2D eigenvalue weighted by atomic mass is 9.97. The summed E-state index contributed by atoms with van der Waals surface area (Å²) in [5, 5.41) is 3.66. The Hall–Kier alpha value is -7.42. The van der Waals surface area contributed by atoms with E-state index in [2.05, 4.69) is 218 Å². The van der Waals surface area contributed by atoms with Crippen LogP contribution in [0.25, 0.3) is 77.6 Å². The Kier molecular flexibility index (Phi) is 8.78. The van der Waals surface area contributed by atoms with Crippen LogP contribution in [0.15, 0.2) is 223 Å². The number of furan rings is 1. The molecule has 10 aromatic rings. The molecule has 2 heteroatoms. The molecule has 0 unspecified atom stereocenters. The van der Waals surface area contributed by atoms with Crippen molar-refractivity contribution < 1.29 is 4.42 Å². The first kappa shape index (κ1) is 34.1. The molecule has 9 aromatic carbocycles. The van der Waals surface area contributed by atoms with Gasteiger partial charge < -0.3 is 9.32 Å². The maximum absolute atomic E-state index is 6.34. The van der Waals surface area contributed by atoms with Crippen molar-refractivity contribution in [1.82, 2.24) is 0 Å². The van der Waals surface area contributed by atoms with Crippen molar-refractivity contribution in [1.29, 1.82) is 0 Å². The summed E-state index contributed by atoms with van der Waals surface area (Å²) >= 11 is 0. The Morgan fingerprint density at radius 1 is 0.333 bits per heavy atom. The summed E-state index contributed by atoms with van der Waals surface area (Å²) in [7, 11) is 0. The van der Waals surface area contributed by atoms with Crippen molar-refractivity contribution in [3.8, 4) is 55.8 Å². The van der Waals surface area contributed by atoms with Crippen LogP contribution < -0.4 is 4.90 Å². The summed E-state index contributed by atoms with van der Waals surface area (Å²) in [6.45, 7) is 2.14. The normalized spacial score (nSPS) is 11.2. The van der Waals surface area contributed by atoms with E-state index in [0.717, 1.165) is 56.0 Å². The summed E-state index contributed by atoms with van der Waals surface area (Å²) in [5.74, 6) is 0.920. The van der Waals surface area contributed by atoms with Gasteiger partial charge in [0.1, 0.15) is 11.3 Å². The fourth-order valence-electron chi connectivity index (χ4n) is 8.10. The van der Waals surface area contributed by atoms with Gasteiger partial charge in [-0.05, 0) is 111 Å². The van der Waals surface area contributed by atoms with Crippen molar-refractivity contribution >= 4 is 38.8 Å². The fraction of sp³-hybridized carbons (Fsp3) is 0.0182. The van der Waals surface area contributed by atoms with Crippen LogP contribution in [0.5, 0.6) is 0 Å². The van der Waals surface area contributed by atoms with Gasteiger partial charge in [-0.3, -0.25) is 0 Å². The second kappa shape index (κ2) is 14.7. The number of anilines is 3. The average Bonchev–Trinajstić information content (AvgIpc) is 3.63. The highest BCUT2D eigenvalue weighted by atomic mass is 16.3. The highest BCUT2D eigenvalue weighted by Gasteiger charge is 2.16. The molecule has 0 aliphatic heterocycles. The maximum Gasteiger partial charge on any atom is 0.138 e. The Labute approximate surface area is 333 Å². The molecule has 0 fully saturated rings. The highest BCUT2D eigenvalue weighted by molar-refractivity contribution is 5.97. The molecule has 1 aromatic heterocycles. The van der Waals surface area contributed by atoms with E-state index in [4.69, 9.17) is 4.42 Å². The number of benzene rings is 9. The zero-order chi connectivity index (χ0) is 38.1. The molecule has 57 heavy (non-hydrogen) atoms. The number of hydrogen-bond acceptors (Lipinski definition) is 2. The summed E-state index contributed by atoms with van der Waals surface area (Å²) in [4.78, 5) is 2.34. The van der Waals surface area contributed by atoms with Gasteiger partial charge in [0, 0.05) is 33.6 Å². The van der Waals surface area contributed by atoms with Crippen molar-refractivity contribution in [2.24, 2.45) is 0 Å². The molecule has 10 rings (SSSR count). The minimum absolute atomic E-state index is 0.916. The van der Waals surface area contributed by atoms with Gasteiger partial charge in [0.2, 0.25) is 0 Å². The highest BCUT2D eigenvalue weighted by Crippen LogP contribution is 2.40. The van der Waals surface area contributed by atoms with Gasteiger partial charge in [-0.1, -0.05) is 170 Å². The Morgan fingerprint density at radius 3 is 1.40 bits per heavy atom. The van der Waals surface area contributed by atoms with Crippen molar-refractivity contribution in [2.75, 3.05) is 4.90 Å². The standard InChI is InChI=1S/C55H39NO/c1-38-51-17-7-8-20-54(51)57-55(38)47-16-9-15-46(37-47)43-27-33-49(34-28-43)56(50-35-29-45(30-36-50)53-19-10-14-44-13-5-6-18-52(44)53)48-31-25-42(26-32-48)41-23-21-40(22-24-41)39-11-3-2-4-12-39/h2-37H,1H3. The van der Waals surface area contributed by atoms with Crippen LogP contribution in [0, 0.1) is 6.92 Å². The van der Waals surface area contributed by atoms with Crippen LogP contribution >= 0.6 is 0 Å². The van der Waals surface area contributed by atoms with Crippen LogP contribution in [0.3, 0.4) is 0 Å². The number of rotatable bonds is 8. The van der Waals surface area contributed by atoms with E-state index in [1.165, 1.54) is 44.2 Å². The van der Waals surface area contributed by atoms with E-state index < -0.39 is 0 Å². The molecule has 0 radical (unpaired) electrons. The molecule has 0 saturated carbocycles. The van der Waals surface area contributed by atoms with Crippen LogP contribution in [0.1, 0.15) is 5.56 Å². The third-order valence-electron chi connectivity index (χ3n) is 11.1. The predicted molar refractivity (Wildman–Crippen MR) is 240 cm³/mol. The van der Waals surface area contributed by atoms with Gasteiger partial charge in [-0.15, -0.1) is 0 Å². The first-order valence-corrected chi connectivity index (χ1v) is 19.5. The maximum atomic E-state index is 6.34. The van der Waals surface area contributed by atoms with Crippen LogP contribution in [0.4, 0.5) is 17.1 Å². The molecule has 270 valence electrons. The second-order valence-corrected chi connectivity index (χ2v) is 14.6. The molecule has 0 atom stereocenters. The van der Waals surface area contributed by atoms with E-state index in [0.29, 0.717) is 0 Å². The van der Waals surface area contributed by atoms with Gasteiger partial charge in [0.05, 0.1) is 0 Å². The molecular weight excluding hydrogens is 691 g/mol. The summed E-state index contributed by atoms with van der Waals surface area (Å²) in [6, 6.07) is 78.2. The first-order chi connectivity index (χ1) is 28.2. The Morgan fingerprint density at radius 2 is 0.772 bits per heavy atom. The summed E-state index contributed by atoms with van der Waals surface area (Å²) < 4.78 is 6.34. The number of aryl methyl sites for hydroxylation is 1. The third kappa shape index (κ3) is 6.58. The quantitative estimate of drug-likeness (QED) is 0.155. The molecule has 0 aliphatic carbocycles. The number of fused-ring (bicyclic) bond motifs is 2. The Bertz CT molecular complexity index is 2970. The van der Waals surface area contributed by atoms with Crippen molar-refractivity contribution in [3.05, 3.63) is 224 Å². The van der Waals surface area contributed by atoms with E-state index in [1.807, 2.05) is 12.1 Å². The van der Waals surface area contributed by atoms with Gasteiger partial charge in [0.15, 0.2) is 0 Å². The lowest BCUT2D eigenvalue weighted by molar-refractivity contribution is 0.629. The third-order valence-corrected chi connectivity index (χ3v) is 11.1. The van der Waals surface area contributed by atoms with Crippen LogP contribution in [-0.4, -0.2) is 0 Å². The number of nitrogens with zero attached hydrogens (tertiary/aromatic N) is 1. The average molecular weight is 730 g/mol. The van der Waals surface area contributed by atoms with Crippen LogP contribution in [0.2, 0.25) is 0 Å². The summed E-state index contributed by atoms with van der Waals surface area (Å²) in [6.07, 6.45) is 0. The predicted octanol–water partition coefficient (Wildman–Crippen LogP) is 15.7. The lowest BCUT2D eigenvalue weighted by Crippen LogP contribution is -2.09. The molecule has 0 saturated heterocycles. The number of hydrogen-bond donors (Lipinski definition) is 0. The SMILES string of the molecule is Cc1c(-c2cccc(-c3ccc(N(c4ccc(-c5ccc(-c6ccccc6)cc5)cc4)c4ccc(-c5cccc6ccccc56)cc4)cc3)c2)oc2ccccc12. The first-order valence-electron chi connectivity index (χ1n) is 19.5. The molecule has 0 bridgehead atoms. The molecule has 2 nitrogen and oxygen atoms in total. The monoisotopic (exact) mass is 729 g/mol. The zero-order valence-corrected chi connectivity index (χ0v) is 31.6. The smallest absolute Gasteiger partial charge is 0.138 e. The van der Waals surface area contributed by atoms with E-state index >= 15 is 0 Å². The largest absolute Gasteiger partial charge is 0.456 e. The van der Waals surface area contributed by atoms with Gasteiger partial charge in [0.25, 0.3) is 0 Å². The molecule has 0 amide bonds. The zero-order valence-electron chi connectivity index (χ0n) is 31.6.